The average Bonchev–Trinajstić information content (AvgIpc) is 2.65. The van der Waals surface area contributed by atoms with Crippen molar-refractivity contribution in [3.05, 3.63) is 74.7 Å². The summed E-state index contributed by atoms with van der Waals surface area (Å²) in [5.41, 5.74) is 4.54. The Bertz CT molecular complexity index is 1020. The molecule has 0 spiro atoms. The number of hydrogen-bond acceptors (Lipinski definition) is 2. The summed E-state index contributed by atoms with van der Waals surface area (Å²) in [6, 6.07) is 16.5. The Morgan fingerprint density at radius 2 is 1.82 bits per heavy atom. The molecular weight excluding hydrogens is 466 g/mol. The molecular formula is C21H16BrCl2FN2O. The first-order valence-corrected chi connectivity index (χ1v) is 9.91. The number of alkyl halides is 1. The van der Waals surface area contributed by atoms with E-state index in [9.17, 15) is 9.18 Å². The fourth-order valence-electron chi connectivity index (χ4n) is 2.84. The molecule has 0 radical (unpaired) electrons. The van der Waals surface area contributed by atoms with E-state index in [1.165, 1.54) is 0 Å². The zero-order valence-electron chi connectivity index (χ0n) is 14.8. The number of hydrogen-bond donors (Lipinski definition) is 2. The van der Waals surface area contributed by atoms with E-state index in [4.69, 9.17) is 23.2 Å². The van der Waals surface area contributed by atoms with Gasteiger partial charge in [0.1, 0.15) is 0 Å². The third-order valence-electron chi connectivity index (χ3n) is 4.12. The van der Waals surface area contributed by atoms with Gasteiger partial charge in [-0.3, -0.25) is 4.79 Å². The maximum absolute atomic E-state index is 12.6. The highest BCUT2D eigenvalue weighted by atomic mass is 79.9. The Kier molecular flexibility index (Phi) is 6.60. The first-order valence-electron chi connectivity index (χ1n) is 8.36. The highest BCUT2D eigenvalue weighted by molar-refractivity contribution is 9.10. The number of rotatable bonds is 5. The molecule has 1 amide bonds. The SMILES string of the molecule is Cc1cccc(Cl)c1-c1ccc(Nc2ccc(Br)cc2NC(=O)CF)cc1Cl. The molecule has 0 saturated heterocycles. The maximum atomic E-state index is 12.6. The van der Waals surface area contributed by atoms with Gasteiger partial charge < -0.3 is 10.6 Å². The second-order valence-electron chi connectivity index (χ2n) is 6.12. The smallest absolute Gasteiger partial charge is 0.255 e. The topological polar surface area (TPSA) is 41.1 Å². The van der Waals surface area contributed by atoms with Gasteiger partial charge in [0.2, 0.25) is 0 Å². The molecule has 3 rings (SSSR count). The van der Waals surface area contributed by atoms with Crippen molar-refractivity contribution in [2.75, 3.05) is 17.3 Å². The molecule has 3 aromatic rings. The van der Waals surface area contributed by atoms with Gasteiger partial charge in [0.25, 0.3) is 5.91 Å². The van der Waals surface area contributed by atoms with Crippen LogP contribution in [-0.4, -0.2) is 12.6 Å². The number of anilines is 3. The molecule has 0 unspecified atom stereocenters. The van der Waals surface area contributed by atoms with Crippen LogP contribution in [-0.2, 0) is 4.79 Å². The van der Waals surface area contributed by atoms with Crippen LogP contribution in [0.3, 0.4) is 0 Å². The fraction of sp³-hybridized carbons (Fsp3) is 0.0952. The highest BCUT2D eigenvalue weighted by Gasteiger charge is 2.12. The van der Waals surface area contributed by atoms with Gasteiger partial charge in [0, 0.05) is 26.3 Å². The van der Waals surface area contributed by atoms with Gasteiger partial charge in [-0.05, 0) is 48.9 Å². The molecule has 3 nitrogen and oxygen atoms in total. The Labute approximate surface area is 181 Å². The van der Waals surface area contributed by atoms with Crippen molar-refractivity contribution in [2.24, 2.45) is 0 Å². The lowest BCUT2D eigenvalue weighted by molar-refractivity contribution is -0.117. The van der Waals surface area contributed by atoms with Crippen LogP contribution in [0, 0.1) is 6.92 Å². The molecule has 2 N–H and O–H groups in total. The molecule has 0 fully saturated rings. The summed E-state index contributed by atoms with van der Waals surface area (Å²) in [6.45, 7) is 0.884. The molecule has 0 heterocycles. The van der Waals surface area contributed by atoms with E-state index >= 15 is 0 Å². The lowest BCUT2D eigenvalue weighted by atomic mass is 10.00. The summed E-state index contributed by atoms with van der Waals surface area (Å²) in [4.78, 5) is 11.5. The minimum absolute atomic E-state index is 0.458. The number of carbonyl (C=O) groups is 1. The van der Waals surface area contributed by atoms with Crippen LogP contribution in [0.25, 0.3) is 11.1 Å². The number of nitrogens with one attached hydrogen (secondary N) is 2. The van der Waals surface area contributed by atoms with Crippen molar-refractivity contribution in [1.29, 1.82) is 0 Å². The van der Waals surface area contributed by atoms with Gasteiger partial charge in [-0.15, -0.1) is 0 Å². The molecule has 0 atom stereocenters. The first-order chi connectivity index (χ1) is 13.4. The summed E-state index contributed by atoms with van der Waals surface area (Å²) < 4.78 is 13.3. The van der Waals surface area contributed by atoms with Crippen molar-refractivity contribution in [2.45, 2.75) is 6.92 Å². The number of carbonyl (C=O) groups excluding carboxylic acids is 1. The summed E-state index contributed by atoms with van der Waals surface area (Å²) in [5.74, 6) is -0.719. The summed E-state index contributed by atoms with van der Waals surface area (Å²) >= 11 is 16.2. The lowest BCUT2D eigenvalue weighted by Crippen LogP contribution is -2.14. The number of halogens is 4. The summed E-state index contributed by atoms with van der Waals surface area (Å²) in [5, 5.41) is 6.90. The van der Waals surface area contributed by atoms with Crippen molar-refractivity contribution in [3.63, 3.8) is 0 Å². The predicted molar refractivity (Wildman–Crippen MR) is 119 cm³/mol. The van der Waals surface area contributed by atoms with Gasteiger partial charge in [0.15, 0.2) is 6.67 Å². The Morgan fingerprint density at radius 3 is 2.50 bits per heavy atom. The van der Waals surface area contributed by atoms with Crippen LogP contribution >= 0.6 is 39.1 Å². The monoisotopic (exact) mass is 480 g/mol. The molecule has 0 aliphatic rings. The number of amides is 1. The van der Waals surface area contributed by atoms with Crippen LogP contribution < -0.4 is 10.6 Å². The highest BCUT2D eigenvalue weighted by Crippen LogP contribution is 2.38. The second kappa shape index (κ2) is 8.95. The normalized spacial score (nSPS) is 10.6. The lowest BCUT2D eigenvalue weighted by Gasteiger charge is -2.15. The second-order valence-corrected chi connectivity index (χ2v) is 7.85. The van der Waals surface area contributed by atoms with Gasteiger partial charge in [-0.25, -0.2) is 4.39 Å². The van der Waals surface area contributed by atoms with E-state index in [0.29, 0.717) is 21.4 Å². The standard InChI is InChI=1S/C21H16BrCl2FN2O/c1-12-3-2-4-16(23)21(12)15-7-6-14(10-17(15)24)26-18-8-5-13(22)9-19(18)27-20(28)11-25/h2-10,26H,11H2,1H3,(H,27,28). The van der Waals surface area contributed by atoms with Crippen molar-refractivity contribution >= 4 is 62.1 Å². The van der Waals surface area contributed by atoms with Crippen molar-refractivity contribution in [1.82, 2.24) is 0 Å². The van der Waals surface area contributed by atoms with E-state index in [1.807, 2.05) is 43.3 Å². The van der Waals surface area contributed by atoms with Crippen molar-refractivity contribution in [3.8, 4) is 11.1 Å². The average molecular weight is 482 g/mol. The third kappa shape index (κ3) is 4.66. The van der Waals surface area contributed by atoms with Crippen LogP contribution in [0.4, 0.5) is 21.5 Å². The Morgan fingerprint density at radius 1 is 1.04 bits per heavy atom. The number of benzene rings is 3. The Balaban J connectivity index is 1.93. The van der Waals surface area contributed by atoms with Gasteiger partial charge >= 0.3 is 0 Å². The minimum Gasteiger partial charge on any atom is -0.354 e. The van der Waals surface area contributed by atoms with Crippen molar-refractivity contribution < 1.29 is 9.18 Å². The van der Waals surface area contributed by atoms with Crippen LogP contribution in [0.15, 0.2) is 59.1 Å². The molecule has 28 heavy (non-hydrogen) atoms. The molecule has 0 aliphatic carbocycles. The first kappa shape index (κ1) is 20.6. The maximum Gasteiger partial charge on any atom is 0.255 e. The number of aryl methyl sites for hydroxylation is 1. The molecule has 0 aliphatic heterocycles. The molecule has 7 heteroatoms. The molecule has 3 aromatic carbocycles. The van der Waals surface area contributed by atoms with Crippen LogP contribution in [0.5, 0.6) is 0 Å². The zero-order valence-corrected chi connectivity index (χ0v) is 17.9. The fourth-order valence-corrected chi connectivity index (χ4v) is 3.80. The van der Waals surface area contributed by atoms with E-state index in [-0.39, 0.29) is 0 Å². The van der Waals surface area contributed by atoms with Crippen LogP contribution in [0.2, 0.25) is 10.0 Å². The Hall–Kier alpha value is -2.08. The largest absolute Gasteiger partial charge is 0.354 e. The van der Waals surface area contributed by atoms with Gasteiger partial charge in [0.05, 0.1) is 16.4 Å². The zero-order chi connectivity index (χ0) is 20.3. The van der Waals surface area contributed by atoms with E-state index in [1.54, 1.807) is 18.2 Å². The molecule has 0 saturated carbocycles. The van der Waals surface area contributed by atoms with E-state index < -0.39 is 12.6 Å². The minimum atomic E-state index is -1.09. The van der Waals surface area contributed by atoms with Crippen LogP contribution in [0.1, 0.15) is 5.56 Å². The van der Waals surface area contributed by atoms with E-state index in [0.717, 1.165) is 26.9 Å². The summed E-state index contributed by atoms with van der Waals surface area (Å²) in [7, 11) is 0. The molecule has 0 bridgehead atoms. The summed E-state index contributed by atoms with van der Waals surface area (Å²) in [6.07, 6.45) is 0. The third-order valence-corrected chi connectivity index (χ3v) is 5.24. The quantitative estimate of drug-likeness (QED) is 0.399. The van der Waals surface area contributed by atoms with E-state index in [2.05, 4.69) is 26.6 Å². The molecule has 0 aromatic heterocycles. The molecule has 144 valence electrons. The predicted octanol–water partition coefficient (Wildman–Crippen LogP) is 7.38. The van der Waals surface area contributed by atoms with Gasteiger partial charge in [-0.2, -0.15) is 0 Å². The van der Waals surface area contributed by atoms with Gasteiger partial charge in [-0.1, -0.05) is 57.3 Å².